The number of pyridine rings is 1. The van der Waals surface area contributed by atoms with Crippen LogP contribution in [0.2, 0.25) is 0 Å². The monoisotopic (exact) mass is 608 g/mol. The van der Waals surface area contributed by atoms with E-state index in [1.807, 2.05) is 0 Å². The SMILES string of the molecule is C#Cc1c(F)ccc2cc(O)cc(-c3ncc4c(N5C[C@H]6CC[C@@H](C5)N6)nc(OCC5(CN6CC7CC7C6)CC5)nc4c3F)c12. The van der Waals surface area contributed by atoms with Gasteiger partial charge in [-0.3, -0.25) is 4.98 Å². The number of nitrogens with one attached hydrogen (secondary N) is 1. The van der Waals surface area contributed by atoms with Crippen LogP contribution in [0.15, 0.2) is 30.5 Å². The van der Waals surface area contributed by atoms with Crippen LogP contribution < -0.4 is 15.0 Å². The Kier molecular flexibility index (Phi) is 6.04. The Labute approximate surface area is 259 Å². The van der Waals surface area contributed by atoms with E-state index in [0.29, 0.717) is 40.7 Å². The zero-order chi connectivity index (χ0) is 30.4. The number of benzene rings is 2. The Morgan fingerprint density at radius 1 is 1.07 bits per heavy atom. The summed E-state index contributed by atoms with van der Waals surface area (Å²) in [6.07, 6.45) is 13.0. The highest BCUT2D eigenvalue weighted by atomic mass is 19.1. The number of rotatable bonds is 7. The van der Waals surface area contributed by atoms with Crippen molar-refractivity contribution < 1.29 is 18.6 Å². The van der Waals surface area contributed by atoms with Crippen LogP contribution >= 0.6 is 0 Å². The fourth-order valence-corrected chi connectivity index (χ4v) is 8.08. The number of piperazine rings is 1. The quantitative estimate of drug-likeness (QED) is 0.288. The van der Waals surface area contributed by atoms with Gasteiger partial charge in [0.1, 0.15) is 28.6 Å². The molecule has 5 heterocycles. The van der Waals surface area contributed by atoms with Crippen LogP contribution in [0, 0.1) is 41.2 Å². The first-order valence-corrected chi connectivity index (χ1v) is 16.0. The van der Waals surface area contributed by atoms with E-state index in [0.717, 1.165) is 57.2 Å². The lowest BCUT2D eigenvalue weighted by atomic mass is 9.96. The number of hydrogen-bond donors (Lipinski definition) is 2. The molecule has 4 aromatic rings. The zero-order valence-corrected chi connectivity index (χ0v) is 24.9. The number of nitrogens with zero attached hydrogens (tertiary/aromatic N) is 5. The van der Waals surface area contributed by atoms with Crippen LogP contribution in [0.5, 0.6) is 11.8 Å². The minimum Gasteiger partial charge on any atom is -0.508 e. The smallest absolute Gasteiger partial charge is 0.319 e. The van der Waals surface area contributed by atoms with Crippen molar-refractivity contribution in [2.75, 3.05) is 44.2 Å². The van der Waals surface area contributed by atoms with E-state index in [-0.39, 0.29) is 39.5 Å². The molecule has 2 saturated carbocycles. The van der Waals surface area contributed by atoms with E-state index < -0.39 is 11.6 Å². The van der Waals surface area contributed by atoms with E-state index in [1.54, 1.807) is 6.20 Å². The first-order chi connectivity index (χ1) is 21.9. The molecule has 0 amide bonds. The third kappa shape index (κ3) is 4.67. The number of fused-ring (bicyclic) bond motifs is 5. The molecular formula is C35H34F2N6O2. The first-order valence-electron chi connectivity index (χ1n) is 16.0. The maximum Gasteiger partial charge on any atom is 0.319 e. The van der Waals surface area contributed by atoms with E-state index in [1.165, 1.54) is 43.8 Å². The summed E-state index contributed by atoms with van der Waals surface area (Å²) in [5.41, 5.74) is 0.262. The fourth-order valence-electron chi connectivity index (χ4n) is 8.08. The number of anilines is 1. The van der Waals surface area contributed by atoms with Gasteiger partial charge in [0.15, 0.2) is 5.82 Å². The average molecular weight is 609 g/mol. The molecule has 5 fully saturated rings. The number of halogens is 2. The third-order valence-corrected chi connectivity index (χ3v) is 10.7. The van der Waals surface area contributed by atoms with Gasteiger partial charge in [0.25, 0.3) is 0 Å². The lowest BCUT2D eigenvalue weighted by molar-refractivity contribution is 0.163. The fraction of sp³-hybridized carbons (Fsp3) is 0.457. The normalized spacial score (nSPS) is 26.3. The number of likely N-dealkylation sites (tertiary alicyclic amines) is 1. The van der Waals surface area contributed by atoms with Crippen LogP contribution in [0.3, 0.4) is 0 Å². The highest BCUT2D eigenvalue weighted by Crippen LogP contribution is 2.51. The Morgan fingerprint density at radius 2 is 1.84 bits per heavy atom. The summed E-state index contributed by atoms with van der Waals surface area (Å²) in [5, 5.41) is 15.5. The van der Waals surface area contributed by atoms with E-state index in [4.69, 9.17) is 16.1 Å². The van der Waals surface area contributed by atoms with Crippen LogP contribution in [0.4, 0.5) is 14.6 Å². The minimum absolute atomic E-state index is 0.0162. The number of hydrogen-bond acceptors (Lipinski definition) is 8. The molecule has 0 radical (unpaired) electrons. The maximum atomic E-state index is 16.8. The van der Waals surface area contributed by atoms with Gasteiger partial charge in [-0.1, -0.05) is 12.0 Å². The van der Waals surface area contributed by atoms with E-state index in [9.17, 15) is 9.50 Å². The second kappa shape index (κ2) is 9.96. The molecular weight excluding hydrogens is 574 g/mol. The summed E-state index contributed by atoms with van der Waals surface area (Å²) in [6, 6.07) is 6.42. The molecule has 4 atom stereocenters. The molecule has 45 heavy (non-hydrogen) atoms. The van der Waals surface area contributed by atoms with Crippen LogP contribution in [0.25, 0.3) is 32.9 Å². The molecule has 10 heteroatoms. The van der Waals surface area contributed by atoms with Crippen molar-refractivity contribution in [3.63, 3.8) is 0 Å². The second-order valence-corrected chi connectivity index (χ2v) is 14.0. The molecule has 230 valence electrons. The average Bonchev–Trinajstić information content (AvgIpc) is 3.91. The van der Waals surface area contributed by atoms with Crippen LogP contribution in [0.1, 0.15) is 37.7 Å². The van der Waals surface area contributed by atoms with Crippen molar-refractivity contribution in [2.45, 2.75) is 44.2 Å². The molecule has 2 aromatic carbocycles. The topological polar surface area (TPSA) is 86.6 Å². The highest BCUT2D eigenvalue weighted by Gasteiger charge is 2.51. The Morgan fingerprint density at radius 3 is 2.58 bits per heavy atom. The zero-order valence-electron chi connectivity index (χ0n) is 24.9. The number of phenols is 1. The summed E-state index contributed by atoms with van der Waals surface area (Å²) in [4.78, 5) is 18.8. The largest absolute Gasteiger partial charge is 0.508 e. The number of aromatic hydroxyl groups is 1. The number of aromatic nitrogens is 3. The predicted octanol–water partition coefficient (Wildman–Crippen LogP) is 4.86. The summed E-state index contributed by atoms with van der Waals surface area (Å²) >= 11 is 0. The van der Waals surface area contributed by atoms with Crippen LogP contribution in [-0.2, 0) is 0 Å². The molecule has 3 saturated heterocycles. The van der Waals surface area contributed by atoms with Gasteiger partial charge in [0, 0.05) is 67.4 Å². The van der Waals surface area contributed by atoms with Gasteiger partial charge in [-0.25, -0.2) is 8.78 Å². The molecule has 8 nitrogen and oxygen atoms in total. The number of piperidine rings is 1. The molecule has 2 N–H and O–H groups in total. The third-order valence-electron chi connectivity index (χ3n) is 10.7. The van der Waals surface area contributed by atoms with Gasteiger partial charge in [-0.15, -0.1) is 6.42 Å². The van der Waals surface area contributed by atoms with Crippen molar-refractivity contribution in [1.29, 1.82) is 0 Å². The number of phenolic OH excluding ortho intramolecular Hbond substituents is 1. The molecule has 0 spiro atoms. The maximum absolute atomic E-state index is 16.8. The number of ether oxygens (including phenoxy) is 1. The molecule has 2 unspecified atom stereocenters. The van der Waals surface area contributed by atoms with Crippen molar-refractivity contribution in [1.82, 2.24) is 25.2 Å². The number of terminal acetylenes is 1. The Balaban J connectivity index is 1.13. The van der Waals surface area contributed by atoms with E-state index in [2.05, 4.69) is 31.0 Å². The van der Waals surface area contributed by atoms with Crippen molar-refractivity contribution in [3.8, 4) is 35.4 Å². The first kappa shape index (κ1) is 27.3. The van der Waals surface area contributed by atoms with E-state index >= 15 is 4.39 Å². The van der Waals surface area contributed by atoms with Gasteiger partial charge in [-0.05, 0) is 67.5 Å². The molecule has 5 aliphatic rings. The lowest BCUT2D eigenvalue weighted by Gasteiger charge is -2.34. The van der Waals surface area contributed by atoms with Gasteiger partial charge >= 0.3 is 6.01 Å². The summed E-state index contributed by atoms with van der Waals surface area (Å²) < 4.78 is 37.9. The minimum atomic E-state index is -0.698. The lowest BCUT2D eigenvalue weighted by Crippen LogP contribution is -2.51. The molecule has 2 bridgehead atoms. The Bertz CT molecular complexity index is 1900. The summed E-state index contributed by atoms with van der Waals surface area (Å²) in [7, 11) is 0. The van der Waals surface area contributed by atoms with Crippen molar-refractivity contribution in [3.05, 3.63) is 47.7 Å². The molecule has 9 rings (SSSR count). The standard InChI is InChI=1S/C35H34F2N6O2/c1-2-25-28(36)6-3-19-10-24(44)11-26(29(19)25)31-30(37)32-27(12-38-31)33(43-15-22-4-5-23(16-43)39-22)41-34(40-32)45-18-35(7-8-35)17-42-13-20-9-21(20)14-42/h1,3,6,10-12,20-23,39,44H,4-5,7-9,13-18H2/t20?,21?,22-,23+. The highest BCUT2D eigenvalue weighted by molar-refractivity contribution is 6.03. The van der Waals surface area contributed by atoms with Crippen molar-refractivity contribution >= 4 is 27.5 Å². The molecule has 3 aliphatic heterocycles. The van der Waals surface area contributed by atoms with Gasteiger partial charge in [-0.2, -0.15) is 9.97 Å². The molecule has 2 aromatic heterocycles. The second-order valence-electron chi connectivity index (χ2n) is 14.0. The predicted molar refractivity (Wildman–Crippen MR) is 167 cm³/mol. The Hall–Kier alpha value is -4.07. The van der Waals surface area contributed by atoms with Crippen molar-refractivity contribution in [2.24, 2.45) is 17.3 Å². The van der Waals surface area contributed by atoms with Crippen LogP contribution in [-0.4, -0.2) is 76.4 Å². The van der Waals surface area contributed by atoms with Gasteiger partial charge in [0.05, 0.1) is 17.6 Å². The van der Waals surface area contributed by atoms with Gasteiger partial charge < -0.3 is 25.0 Å². The molecule has 2 aliphatic carbocycles. The summed E-state index contributed by atoms with van der Waals surface area (Å²) in [6.45, 7) is 5.36. The van der Waals surface area contributed by atoms with Gasteiger partial charge in [0.2, 0.25) is 0 Å². The summed E-state index contributed by atoms with van der Waals surface area (Å²) in [5.74, 6) is 3.35.